The minimum atomic E-state index is 0.352. The van der Waals surface area contributed by atoms with Gasteiger partial charge in [-0.05, 0) is 50.3 Å². The van der Waals surface area contributed by atoms with Crippen molar-refractivity contribution in [1.82, 2.24) is 10.2 Å². The molecule has 3 nitrogen and oxygen atoms in total. The fraction of sp³-hybridized carbons (Fsp3) is 0.667. The highest BCUT2D eigenvalue weighted by atomic mass is 16.3. The van der Waals surface area contributed by atoms with Crippen LogP contribution in [0, 0.1) is 5.92 Å². The third kappa shape index (κ3) is 4.06. The number of piperidine rings is 1. The maximum Gasteiger partial charge on any atom is 0.0474 e. The standard InChI is InChI=1S/C18H28N2O/c21-14-16-7-4-8-18(16)19-17-9-11-20(12-10-17)13-15-5-2-1-3-6-15/h1-3,5-6,16-19,21H,4,7-14H2. The average molecular weight is 288 g/mol. The van der Waals surface area contributed by atoms with Gasteiger partial charge < -0.3 is 10.4 Å². The molecule has 1 aromatic carbocycles. The third-order valence-electron chi connectivity index (χ3n) is 5.18. The summed E-state index contributed by atoms with van der Waals surface area (Å²) in [4.78, 5) is 2.56. The number of rotatable bonds is 5. The Kier molecular flexibility index (Phi) is 5.28. The van der Waals surface area contributed by atoms with Crippen molar-refractivity contribution in [3.63, 3.8) is 0 Å². The normalized spacial score (nSPS) is 28.0. The fourth-order valence-corrected chi connectivity index (χ4v) is 3.88. The van der Waals surface area contributed by atoms with E-state index in [4.69, 9.17) is 0 Å². The first-order valence-electron chi connectivity index (χ1n) is 8.48. The van der Waals surface area contributed by atoms with Crippen molar-refractivity contribution in [3.05, 3.63) is 35.9 Å². The van der Waals surface area contributed by atoms with E-state index < -0.39 is 0 Å². The number of likely N-dealkylation sites (tertiary alicyclic amines) is 1. The lowest BCUT2D eigenvalue weighted by molar-refractivity contribution is 0.161. The molecule has 1 saturated heterocycles. The van der Waals surface area contributed by atoms with Crippen LogP contribution in [-0.2, 0) is 6.54 Å². The summed E-state index contributed by atoms with van der Waals surface area (Å²) in [7, 11) is 0. The molecule has 116 valence electrons. The predicted octanol–water partition coefficient (Wildman–Crippen LogP) is 2.40. The summed E-state index contributed by atoms with van der Waals surface area (Å²) < 4.78 is 0. The summed E-state index contributed by atoms with van der Waals surface area (Å²) in [6, 6.07) is 12.0. The minimum Gasteiger partial charge on any atom is -0.396 e. The number of aliphatic hydroxyl groups is 1. The highest BCUT2D eigenvalue weighted by Crippen LogP contribution is 2.26. The Morgan fingerprint density at radius 1 is 1.05 bits per heavy atom. The second kappa shape index (κ2) is 7.39. The smallest absolute Gasteiger partial charge is 0.0474 e. The van der Waals surface area contributed by atoms with Gasteiger partial charge in [-0.15, -0.1) is 0 Å². The summed E-state index contributed by atoms with van der Waals surface area (Å²) in [6.07, 6.45) is 6.19. The Hall–Kier alpha value is -0.900. The highest BCUT2D eigenvalue weighted by molar-refractivity contribution is 5.14. The first-order valence-corrected chi connectivity index (χ1v) is 8.48. The molecular formula is C18H28N2O. The van der Waals surface area contributed by atoms with E-state index in [2.05, 4.69) is 40.5 Å². The summed E-state index contributed by atoms with van der Waals surface area (Å²) in [6.45, 7) is 3.80. The monoisotopic (exact) mass is 288 g/mol. The van der Waals surface area contributed by atoms with Crippen molar-refractivity contribution in [2.75, 3.05) is 19.7 Å². The molecule has 2 unspecified atom stereocenters. The Balaban J connectivity index is 1.43. The summed E-state index contributed by atoms with van der Waals surface area (Å²) in [5, 5.41) is 13.2. The second-order valence-corrected chi connectivity index (χ2v) is 6.68. The maximum absolute atomic E-state index is 9.42. The highest BCUT2D eigenvalue weighted by Gasteiger charge is 2.29. The number of nitrogens with zero attached hydrogens (tertiary/aromatic N) is 1. The van der Waals surface area contributed by atoms with Crippen LogP contribution in [0.15, 0.2) is 30.3 Å². The molecule has 2 N–H and O–H groups in total. The quantitative estimate of drug-likeness (QED) is 0.873. The molecule has 0 spiro atoms. The zero-order valence-corrected chi connectivity index (χ0v) is 12.9. The van der Waals surface area contributed by atoms with Gasteiger partial charge in [0.05, 0.1) is 0 Å². The molecule has 3 rings (SSSR count). The van der Waals surface area contributed by atoms with Gasteiger partial charge in [0.25, 0.3) is 0 Å². The number of hydrogen-bond acceptors (Lipinski definition) is 3. The lowest BCUT2D eigenvalue weighted by atomic mass is 9.99. The lowest BCUT2D eigenvalue weighted by Crippen LogP contribution is -2.47. The van der Waals surface area contributed by atoms with Gasteiger partial charge in [-0.1, -0.05) is 36.8 Å². The van der Waals surface area contributed by atoms with Gasteiger partial charge in [0.2, 0.25) is 0 Å². The largest absolute Gasteiger partial charge is 0.396 e. The second-order valence-electron chi connectivity index (χ2n) is 6.68. The number of nitrogens with one attached hydrogen (secondary N) is 1. The van der Waals surface area contributed by atoms with Crippen LogP contribution < -0.4 is 5.32 Å². The SMILES string of the molecule is OCC1CCCC1NC1CCN(Cc2ccccc2)CC1. The molecule has 1 aliphatic carbocycles. The van der Waals surface area contributed by atoms with E-state index in [0.717, 1.165) is 6.54 Å². The van der Waals surface area contributed by atoms with Crippen LogP contribution in [0.5, 0.6) is 0 Å². The lowest BCUT2D eigenvalue weighted by Gasteiger charge is -2.35. The molecule has 2 aliphatic rings. The van der Waals surface area contributed by atoms with Gasteiger partial charge in [-0.2, -0.15) is 0 Å². The van der Waals surface area contributed by atoms with Crippen molar-refractivity contribution in [1.29, 1.82) is 0 Å². The van der Waals surface area contributed by atoms with Crippen LogP contribution in [0.2, 0.25) is 0 Å². The van der Waals surface area contributed by atoms with Gasteiger partial charge in [0.15, 0.2) is 0 Å². The zero-order chi connectivity index (χ0) is 14.5. The molecule has 2 fully saturated rings. The molecule has 1 saturated carbocycles. The molecule has 1 heterocycles. The molecule has 1 aromatic rings. The van der Waals surface area contributed by atoms with Gasteiger partial charge in [-0.3, -0.25) is 4.90 Å². The van der Waals surface area contributed by atoms with E-state index in [-0.39, 0.29) is 0 Å². The Labute approximate surface area is 128 Å². The first kappa shape index (κ1) is 15.0. The van der Waals surface area contributed by atoms with E-state index in [9.17, 15) is 5.11 Å². The number of benzene rings is 1. The molecule has 3 heteroatoms. The maximum atomic E-state index is 9.42. The fourth-order valence-electron chi connectivity index (χ4n) is 3.88. The number of hydrogen-bond donors (Lipinski definition) is 2. The van der Waals surface area contributed by atoms with Crippen LogP contribution in [0.1, 0.15) is 37.7 Å². The van der Waals surface area contributed by atoms with Crippen molar-refractivity contribution >= 4 is 0 Å². The minimum absolute atomic E-state index is 0.352. The molecule has 2 atom stereocenters. The van der Waals surface area contributed by atoms with Crippen LogP contribution >= 0.6 is 0 Å². The van der Waals surface area contributed by atoms with E-state index in [1.165, 1.54) is 50.8 Å². The Morgan fingerprint density at radius 3 is 2.52 bits per heavy atom. The average Bonchev–Trinajstić information content (AvgIpc) is 2.97. The molecule has 0 aromatic heterocycles. The van der Waals surface area contributed by atoms with Crippen LogP contribution in [-0.4, -0.2) is 41.8 Å². The summed E-state index contributed by atoms with van der Waals surface area (Å²) >= 11 is 0. The van der Waals surface area contributed by atoms with Gasteiger partial charge in [-0.25, -0.2) is 0 Å². The molecule has 0 amide bonds. The van der Waals surface area contributed by atoms with E-state index in [0.29, 0.717) is 24.6 Å². The van der Waals surface area contributed by atoms with E-state index in [1.54, 1.807) is 0 Å². The Bertz CT molecular complexity index is 414. The number of aliphatic hydroxyl groups excluding tert-OH is 1. The van der Waals surface area contributed by atoms with Crippen molar-refractivity contribution < 1.29 is 5.11 Å². The molecular weight excluding hydrogens is 260 g/mol. The van der Waals surface area contributed by atoms with Crippen molar-refractivity contribution in [3.8, 4) is 0 Å². The van der Waals surface area contributed by atoms with Gasteiger partial charge in [0, 0.05) is 25.2 Å². The first-order chi connectivity index (χ1) is 10.3. The van der Waals surface area contributed by atoms with Gasteiger partial charge in [0.1, 0.15) is 0 Å². The van der Waals surface area contributed by atoms with Crippen LogP contribution in [0.3, 0.4) is 0 Å². The molecule has 21 heavy (non-hydrogen) atoms. The molecule has 0 bridgehead atoms. The summed E-state index contributed by atoms with van der Waals surface area (Å²) in [5.41, 5.74) is 1.42. The zero-order valence-electron chi connectivity index (χ0n) is 12.9. The van der Waals surface area contributed by atoms with E-state index >= 15 is 0 Å². The topological polar surface area (TPSA) is 35.5 Å². The third-order valence-corrected chi connectivity index (χ3v) is 5.18. The van der Waals surface area contributed by atoms with E-state index in [1.807, 2.05) is 0 Å². The Morgan fingerprint density at radius 2 is 1.81 bits per heavy atom. The van der Waals surface area contributed by atoms with Crippen LogP contribution in [0.25, 0.3) is 0 Å². The van der Waals surface area contributed by atoms with Crippen molar-refractivity contribution in [2.45, 2.75) is 50.7 Å². The molecule has 1 aliphatic heterocycles. The van der Waals surface area contributed by atoms with Crippen molar-refractivity contribution in [2.24, 2.45) is 5.92 Å². The van der Waals surface area contributed by atoms with Gasteiger partial charge >= 0.3 is 0 Å². The predicted molar refractivity (Wildman–Crippen MR) is 86.1 cm³/mol. The van der Waals surface area contributed by atoms with Crippen LogP contribution in [0.4, 0.5) is 0 Å². The molecule has 0 radical (unpaired) electrons. The summed E-state index contributed by atoms with van der Waals surface area (Å²) in [5.74, 6) is 0.493.